The number of nitrogens with one attached hydrogen (secondary N) is 1. The fraction of sp³-hybridized carbons (Fsp3) is 0.381. The topological polar surface area (TPSA) is 69.7 Å². The van der Waals surface area contributed by atoms with Gasteiger partial charge < -0.3 is 10.2 Å². The average molecular weight is 420 g/mol. The number of anilines is 2. The van der Waals surface area contributed by atoms with E-state index in [-0.39, 0.29) is 29.2 Å². The van der Waals surface area contributed by atoms with E-state index in [0.29, 0.717) is 5.69 Å². The SMILES string of the molecule is CC(C)N(C)S(=O)(=O)c1ccc(NC(=O)CN2CCCc3cc(F)ccc32)cc1. The van der Waals surface area contributed by atoms with Gasteiger partial charge in [-0.05, 0) is 74.7 Å². The molecule has 2 aromatic rings. The molecule has 0 atom stereocenters. The number of carbonyl (C=O) groups excluding carboxylic acids is 1. The summed E-state index contributed by atoms with van der Waals surface area (Å²) >= 11 is 0. The molecule has 6 nitrogen and oxygen atoms in total. The van der Waals surface area contributed by atoms with Crippen molar-refractivity contribution in [2.75, 3.05) is 30.4 Å². The number of nitrogens with zero attached hydrogens (tertiary/aromatic N) is 2. The van der Waals surface area contributed by atoms with E-state index in [1.165, 1.54) is 35.6 Å². The molecule has 0 fully saturated rings. The van der Waals surface area contributed by atoms with Gasteiger partial charge in [0.2, 0.25) is 15.9 Å². The van der Waals surface area contributed by atoms with Gasteiger partial charge in [0.1, 0.15) is 5.82 Å². The van der Waals surface area contributed by atoms with Gasteiger partial charge in [0.25, 0.3) is 0 Å². The second kappa shape index (κ2) is 8.51. The zero-order valence-corrected chi connectivity index (χ0v) is 17.7. The third kappa shape index (κ3) is 4.76. The highest BCUT2D eigenvalue weighted by atomic mass is 32.2. The number of benzene rings is 2. The van der Waals surface area contributed by atoms with Crippen molar-refractivity contribution >= 4 is 27.3 Å². The summed E-state index contributed by atoms with van der Waals surface area (Å²) in [4.78, 5) is 14.6. The molecule has 3 rings (SSSR count). The average Bonchev–Trinajstić information content (AvgIpc) is 2.67. The van der Waals surface area contributed by atoms with E-state index in [4.69, 9.17) is 0 Å². The molecule has 0 spiro atoms. The minimum Gasteiger partial charge on any atom is -0.362 e. The molecule has 8 heteroatoms. The lowest BCUT2D eigenvalue weighted by molar-refractivity contribution is -0.115. The Balaban J connectivity index is 1.67. The minimum absolute atomic E-state index is 0.148. The first-order valence-electron chi connectivity index (χ1n) is 9.60. The summed E-state index contributed by atoms with van der Waals surface area (Å²) in [6, 6.07) is 10.6. The minimum atomic E-state index is -3.56. The van der Waals surface area contributed by atoms with E-state index in [0.717, 1.165) is 30.6 Å². The molecule has 0 saturated heterocycles. The lowest BCUT2D eigenvalue weighted by atomic mass is 10.0. The van der Waals surface area contributed by atoms with Crippen LogP contribution in [0.25, 0.3) is 0 Å². The van der Waals surface area contributed by atoms with Gasteiger partial charge in [0.05, 0.1) is 11.4 Å². The maximum absolute atomic E-state index is 13.4. The molecule has 0 bridgehead atoms. The Labute approximate surface area is 171 Å². The zero-order valence-electron chi connectivity index (χ0n) is 16.9. The summed E-state index contributed by atoms with van der Waals surface area (Å²) in [7, 11) is -2.02. The predicted octanol–water partition coefficient (Wildman–Crippen LogP) is 3.25. The van der Waals surface area contributed by atoms with Crippen LogP contribution in [0.3, 0.4) is 0 Å². The molecule has 156 valence electrons. The van der Waals surface area contributed by atoms with E-state index in [2.05, 4.69) is 5.32 Å². The fourth-order valence-electron chi connectivity index (χ4n) is 3.34. The Kier molecular flexibility index (Phi) is 6.24. The lowest BCUT2D eigenvalue weighted by Crippen LogP contribution is -2.36. The lowest BCUT2D eigenvalue weighted by Gasteiger charge is -2.30. The van der Waals surface area contributed by atoms with Crippen LogP contribution in [0.1, 0.15) is 25.8 Å². The van der Waals surface area contributed by atoms with Crippen molar-refractivity contribution in [3.8, 4) is 0 Å². The summed E-state index contributed by atoms with van der Waals surface area (Å²) in [6.07, 6.45) is 1.66. The number of hydrogen-bond acceptors (Lipinski definition) is 4. The van der Waals surface area contributed by atoms with Crippen LogP contribution in [0.5, 0.6) is 0 Å². The van der Waals surface area contributed by atoms with Crippen molar-refractivity contribution < 1.29 is 17.6 Å². The Morgan fingerprint density at radius 3 is 2.55 bits per heavy atom. The Hall–Kier alpha value is -2.45. The fourth-order valence-corrected chi connectivity index (χ4v) is 4.70. The summed E-state index contributed by atoms with van der Waals surface area (Å²) < 4.78 is 39.8. The number of fused-ring (bicyclic) bond motifs is 1. The van der Waals surface area contributed by atoms with Crippen LogP contribution in [-0.2, 0) is 21.2 Å². The van der Waals surface area contributed by atoms with E-state index in [9.17, 15) is 17.6 Å². The summed E-state index contributed by atoms with van der Waals surface area (Å²) in [5.41, 5.74) is 2.32. The maximum atomic E-state index is 13.4. The van der Waals surface area contributed by atoms with Gasteiger partial charge in [-0.1, -0.05) is 0 Å². The van der Waals surface area contributed by atoms with Crippen LogP contribution < -0.4 is 10.2 Å². The predicted molar refractivity (Wildman–Crippen MR) is 112 cm³/mol. The van der Waals surface area contributed by atoms with Crippen LogP contribution in [0.15, 0.2) is 47.4 Å². The van der Waals surface area contributed by atoms with Crippen molar-refractivity contribution in [2.45, 2.75) is 37.6 Å². The van der Waals surface area contributed by atoms with Crippen molar-refractivity contribution in [3.63, 3.8) is 0 Å². The molecule has 1 aliphatic rings. The molecular weight excluding hydrogens is 393 g/mol. The number of carbonyl (C=O) groups is 1. The highest BCUT2D eigenvalue weighted by molar-refractivity contribution is 7.89. The van der Waals surface area contributed by atoms with Crippen LogP contribution in [0.4, 0.5) is 15.8 Å². The van der Waals surface area contributed by atoms with E-state index < -0.39 is 10.0 Å². The number of hydrogen-bond donors (Lipinski definition) is 1. The van der Waals surface area contributed by atoms with Gasteiger partial charge in [-0.2, -0.15) is 4.31 Å². The van der Waals surface area contributed by atoms with Gasteiger partial charge in [0, 0.05) is 31.0 Å². The molecule has 1 N–H and O–H groups in total. The maximum Gasteiger partial charge on any atom is 0.243 e. The standard InChI is InChI=1S/C21H26FN3O3S/c1-15(2)24(3)29(27,28)19-9-7-18(8-10-19)23-21(26)14-25-12-4-5-16-13-17(22)6-11-20(16)25/h6-11,13,15H,4-5,12,14H2,1-3H3,(H,23,26). The Morgan fingerprint density at radius 1 is 1.21 bits per heavy atom. The molecule has 0 radical (unpaired) electrons. The smallest absolute Gasteiger partial charge is 0.243 e. The highest BCUT2D eigenvalue weighted by Gasteiger charge is 2.23. The van der Waals surface area contributed by atoms with Gasteiger partial charge in [-0.3, -0.25) is 4.79 Å². The van der Waals surface area contributed by atoms with Crippen LogP contribution in [0, 0.1) is 5.82 Å². The van der Waals surface area contributed by atoms with E-state index in [1.54, 1.807) is 32.0 Å². The Bertz CT molecular complexity index is 991. The second-order valence-electron chi connectivity index (χ2n) is 7.49. The van der Waals surface area contributed by atoms with Gasteiger partial charge in [0.15, 0.2) is 0 Å². The highest BCUT2D eigenvalue weighted by Crippen LogP contribution is 2.27. The van der Waals surface area contributed by atoms with E-state index in [1.807, 2.05) is 4.90 Å². The summed E-state index contributed by atoms with van der Waals surface area (Å²) in [6.45, 7) is 4.48. The van der Waals surface area contributed by atoms with Crippen LogP contribution in [0.2, 0.25) is 0 Å². The number of sulfonamides is 1. The van der Waals surface area contributed by atoms with Gasteiger partial charge >= 0.3 is 0 Å². The van der Waals surface area contributed by atoms with Crippen LogP contribution in [-0.4, -0.2) is 44.8 Å². The largest absolute Gasteiger partial charge is 0.362 e. The molecule has 2 aromatic carbocycles. The third-order valence-electron chi connectivity index (χ3n) is 5.13. The number of amides is 1. The molecule has 29 heavy (non-hydrogen) atoms. The summed E-state index contributed by atoms with van der Waals surface area (Å²) in [5.74, 6) is -0.481. The first kappa shape index (κ1) is 21.3. The molecule has 1 heterocycles. The number of rotatable bonds is 6. The first-order chi connectivity index (χ1) is 13.7. The molecule has 1 amide bonds. The van der Waals surface area contributed by atoms with Crippen LogP contribution >= 0.6 is 0 Å². The quantitative estimate of drug-likeness (QED) is 0.780. The molecule has 1 aliphatic heterocycles. The number of halogens is 1. The first-order valence-corrected chi connectivity index (χ1v) is 11.0. The molecule has 0 aromatic heterocycles. The molecule has 0 unspecified atom stereocenters. The third-order valence-corrected chi connectivity index (χ3v) is 7.18. The second-order valence-corrected chi connectivity index (χ2v) is 9.48. The Morgan fingerprint density at radius 2 is 1.90 bits per heavy atom. The van der Waals surface area contributed by atoms with E-state index >= 15 is 0 Å². The van der Waals surface area contributed by atoms with Crippen molar-refractivity contribution in [3.05, 3.63) is 53.8 Å². The van der Waals surface area contributed by atoms with Crippen molar-refractivity contribution in [1.29, 1.82) is 0 Å². The zero-order chi connectivity index (χ0) is 21.2. The van der Waals surface area contributed by atoms with Gasteiger partial charge in [-0.25, -0.2) is 12.8 Å². The molecule has 0 aliphatic carbocycles. The summed E-state index contributed by atoms with van der Waals surface area (Å²) in [5, 5.41) is 2.80. The van der Waals surface area contributed by atoms with Crippen molar-refractivity contribution in [1.82, 2.24) is 4.31 Å². The van der Waals surface area contributed by atoms with Crippen molar-refractivity contribution in [2.24, 2.45) is 0 Å². The normalized spacial score (nSPS) is 14.2. The molecular formula is C21H26FN3O3S. The number of aryl methyl sites for hydroxylation is 1. The molecule has 0 saturated carbocycles. The monoisotopic (exact) mass is 419 g/mol. The van der Waals surface area contributed by atoms with Gasteiger partial charge in [-0.15, -0.1) is 0 Å².